The van der Waals surface area contributed by atoms with E-state index in [0.717, 1.165) is 36.1 Å². The molecule has 2 fully saturated rings. The number of alkyl halides is 2. The highest BCUT2D eigenvalue weighted by Gasteiger charge is 2.46. The maximum absolute atomic E-state index is 13.2. The summed E-state index contributed by atoms with van der Waals surface area (Å²) in [5.74, 6) is 0.699. The van der Waals surface area contributed by atoms with Crippen LogP contribution in [0.1, 0.15) is 52.7 Å². The molecule has 0 N–H and O–H groups in total. The van der Waals surface area contributed by atoms with Crippen molar-refractivity contribution in [1.82, 2.24) is 14.9 Å². The number of benzene rings is 2. The Balaban J connectivity index is 1.31. The minimum atomic E-state index is -2.91. The lowest BCUT2D eigenvalue weighted by Crippen LogP contribution is -2.34. The first-order valence-electron chi connectivity index (χ1n) is 12.6. The molecule has 192 valence electrons. The first-order valence-corrected chi connectivity index (χ1v) is 12.6. The van der Waals surface area contributed by atoms with Crippen molar-refractivity contribution < 1.29 is 23.0 Å². The predicted molar refractivity (Wildman–Crippen MR) is 134 cm³/mol. The van der Waals surface area contributed by atoms with Gasteiger partial charge in [-0.25, -0.2) is 9.97 Å². The van der Waals surface area contributed by atoms with Gasteiger partial charge in [0.1, 0.15) is 5.75 Å². The minimum Gasteiger partial charge on any atom is -0.435 e. The van der Waals surface area contributed by atoms with Crippen molar-refractivity contribution in [1.29, 1.82) is 0 Å². The van der Waals surface area contributed by atoms with E-state index in [1.54, 1.807) is 19.2 Å². The molecule has 0 bridgehead atoms. The molecule has 1 unspecified atom stereocenters. The van der Waals surface area contributed by atoms with Crippen LogP contribution in [0, 0.1) is 0 Å². The van der Waals surface area contributed by atoms with E-state index in [0.29, 0.717) is 36.6 Å². The van der Waals surface area contributed by atoms with Gasteiger partial charge in [0.15, 0.2) is 0 Å². The van der Waals surface area contributed by atoms with Gasteiger partial charge in [0.2, 0.25) is 5.95 Å². The smallest absolute Gasteiger partial charge is 0.387 e. The third-order valence-electron chi connectivity index (χ3n) is 7.76. The lowest BCUT2D eigenvalue weighted by molar-refractivity contribution is -0.0507. The Hall–Kier alpha value is -3.59. The number of rotatable bonds is 7. The zero-order valence-electron chi connectivity index (χ0n) is 20.5. The van der Waals surface area contributed by atoms with Crippen molar-refractivity contribution in [2.75, 3.05) is 31.7 Å². The zero-order chi connectivity index (χ0) is 25.5. The number of anilines is 1. The Morgan fingerprint density at radius 3 is 2.59 bits per heavy atom. The van der Waals surface area contributed by atoms with Crippen molar-refractivity contribution in [3.05, 3.63) is 71.5 Å². The number of nitrogens with zero attached hydrogens (tertiary/aromatic N) is 4. The number of hydrogen-bond donors (Lipinski definition) is 0. The average molecular weight is 507 g/mol. The molecule has 3 aliphatic rings. The molecule has 37 heavy (non-hydrogen) atoms. The molecular weight excluding hydrogens is 478 g/mol. The number of para-hydroxylation sites is 1. The fraction of sp³-hybridized carbons (Fsp3) is 0.393. The molecule has 2 aromatic carbocycles. The van der Waals surface area contributed by atoms with E-state index in [4.69, 9.17) is 9.47 Å². The Labute approximate surface area is 214 Å². The van der Waals surface area contributed by atoms with Crippen LogP contribution < -0.4 is 9.64 Å². The predicted octanol–water partition coefficient (Wildman–Crippen LogP) is 5.04. The third-order valence-corrected chi connectivity index (χ3v) is 7.76. The molecule has 3 atom stereocenters. The summed E-state index contributed by atoms with van der Waals surface area (Å²) < 4.78 is 36.3. The first-order chi connectivity index (χ1) is 18.0. The Morgan fingerprint density at radius 2 is 1.81 bits per heavy atom. The summed E-state index contributed by atoms with van der Waals surface area (Å²) >= 11 is 0. The number of carbonyl (C=O) groups is 1. The quantitative estimate of drug-likeness (QED) is 0.447. The molecule has 0 radical (unpaired) electrons. The summed E-state index contributed by atoms with van der Waals surface area (Å²) in [4.78, 5) is 26.5. The number of carbonyl (C=O) groups excluding carboxylic acids is 1. The molecule has 0 spiro atoms. The van der Waals surface area contributed by atoms with Gasteiger partial charge in [-0.3, -0.25) is 4.79 Å². The summed E-state index contributed by atoms with van der Waals surface area (Å²) in [7, 11) is 1.71. The van der Waals surface area contributed by atoms with Crippen LogP contribution >= 0.6 is 0 Å². The van der Waals surface area contributed by atoms with Gasteiger partial charge in [0.25, 0.3) is 5.91 Å². The fourth-order valence-corrected chi connectivity index (χ4v) is 6.14. The lowest BCUT2D eigenvalue weighted by atomic mass is 9.86. The van der Waals surface area contributed by atoms with E-state index in [1.165, 1.54) is 0 Å². The second kappa shape index (κ2) is 9.70. The van der Waals surface area contributed by atoms with Gasteiger partial charge < -0.3 is 19.3 Å². The summed E-state index contributed by atoms with van der Waals surface area (Å²) in [5.41, 5.74) is 4.03. The molecular formula is C28H28F2N4O3. The van der Waals surface area contributed by atoms with Crippen LogP contribution in [0.3, 0.4) is 0 Å². The van der Waals surface area contributed by atoms with Crippen molar-refractivity contribution in [2.24, 2.45) is 0 Å². The Morgan fingerprint density at radius 1 is 1.00 bits per heavy atom. The highest BCUT2D eigenvalue weighted by Crippen LogP contribution is 2.51. The third kappa shape index (κ3) is 4.21. The zero-order valence-corrected chi connectivity index (χ0v) is 20.5. The number of amides is 1. The van der Waals surface area contributed by atoms with Gasteiger partial charge in [-0.2, -0.15) is 8.78 Å². The van der Waals surface area contributed by atoms with E-state index in [9.17, 15) is 13.6 Å². The second-order valence-electron chi connectivity index (χ2n) is 9.77. The van der Waals surface area contributed by atoms with Gasteiger partial charge in [-0.1, -0.05) is 24.3 Å². The fourth-order valence-electron chi connectivity index (χ4n) is 6.14. The second-order valence-corrected chi connectivity index (χ2v) is 9.77. The monoisotopic (exact) mass is 506 g/mol. The van der Waals surface area contributed by atoms with Gasteiger partial charge in [-0.05, 0) is 54.2 Å². The van der Waals surface area contributed by atoms with Gasteiger partial charge in [-0.15, -0.1) is 0 Å². The van der Waals surface area contributed by atoms with Crippen molar-refractivity contribution in [3.63, 3.8) is 0 Å². The normalized spacial score (nSPS) is 22.6. The Kier molecular flexibility index (Phi) is 6.24. The number of hydrogen-bond acceptors (Lipinski definition) is 6. The topological polar surface area (TPSA) is 67.8 Å². The number of methoxy groups -OCH3 is 1. The van der Waals surface area contributed by atoms with E-state index in [1.807, 2.05) is 47.6 Å². The largest absolute Gasteiger partial charge is 0.435 e. The number of aromatic nitrogens is 2. The molecule has 9 heteroatoms. The molecule has 1 aromatic heterocycles. The van der Waals surface area contributed by atoms with Crippen LogP contribution in [0.2, 0.25) is 0 Å². The molecule has 1 amide bonds. The molecule has 2 saturated heterocycles. The van der Waals surface area contributed by atoms with Crippen LogP contribution in [0.5, 0.6) is 5.75 Å². The van der Waals surface area contributed by atoms with Crippen molar-refractivity contribution in [3.8, 4) is 16.9 Å². The SMILES string of the molecule is COCC1CCCN1c1ncc(-c2ccc3c(c2)[C@@H]2[C@H](c4ccccc4OC(F)F)CCN2C3=O)cn1. The lowest BCUT2D eigenvalue weighted by Gasteiger charge is -2.24. The molecule has 0 saturated carbocycles. The molecule has 0 aliphatic carbocycles. The summed E-state index contributed by atoms with van der Waals surface area (Å²) in [6, 6.07) is 12.7. The number of ether oxygens (including phenoxy) is 2. The van der Waals surface area contributed by atoms with E-state index in [2.05, 4.69) is 14.9 Å². The van der Waals surface area contributed by atoms with Crippen LogP contribution in [0.4, 0.5) is 14.7 Å². The maximum atomic E-state index is 13.2. The summed E-state index contributed by atoms with van der Waals surface area (Å²) in [6.45, 7) is -0.785. The standard InChI is InChI=1S/C28H28F2N4O3/c1-36-16-19-5-4-11-33(19)28-31-14-18(15-32-28)17-8-9-22-23(13-17)25-21(10-12-34(25)26(22)35)20-6-2-3-7-24(20)37-27(29)30/h2-3,6-9,13-15,19,21,25,27H,4-5,10-12,16H2,1H3/t19?,21-,25-/m0/s1. The summed E-state index contributed by atoms with van der Waals surface area (Å²) in [6.07, 6.45) is 6.46. The van der Waals surface area contributed by atoms with Crippen molar-refractivity contribution >= 4 is 11.9 Å². The first kappa shape index (κ1) is 23.8. The van der Waals surface area contributed by atoms with Crippen LogP contribution in [-0.4, -0.2) is 60.2 Å². The molecule has 3 aliphatic heterocycles. The van der Waals surface area contributed by atoms with E-state index < -0.39 is 6.61 Å². The van der Waals surface area contributed by atoms with E-state index in [-0.39, 0.29) is 29.7 Å². The van der Waals surface area contributed by atoms with Gasteiger partial charge in [0.05, 0.1) is 18.7 Å². The molecule has 7 nitrogen and oxygen atoms in total. The highest BCUT2D eigenvalue weighted by molar-refractivity contribution is 6.00. The number of fused-ring (bicyclic) bond motifs is 3. The molecule has 4 heterocycles. The minimum absolute atomic E-state index is 0.0221. The maximum Gasteiger partial charge on any atom is 0.387 e. The number of halogens is 2. The molecule has 6 rings (SSSR count). The Bertz CT molecular complexity index is 1300. The summed E-state index contributed by atoms with van der Waals surface area (Å²) in [5, 5.41) is 0. The van der Waals surface area contributed by atoms with Gasteiger partial charge in [0, 0.05) is 49.6 Å². The van der Waals surface area contributed by atoms with Gasteiger partial charge >= 0.3 is 6.61 Å². The van der Waals surface area contributed by atoms with Crippen LogP contribution in [0.25, 0.3) is 11.1 Å². The van der Waals surface area contributed by atoms with Crippen molar-refractivity contribution in [2.45, 2.75) is 43.9 Å². The van der Waals surface area contributed by atoms with Crippen LogP contribution in [-0.2, 0) is 4.74 Å². The average Bonchev–Trinajstić information content (AvgIpc) is 3.61. The highest BCUT2D eigenvalue weighted by atomic mass is 19.3. The molecule has 3 aromatic rings. The van der Waals surface area contributed by atoms with E-state index >= 15 is 0 Å². The van der Waals surface area contributed by atoms with Crippen LogP contribution in [0.15, 0.2) is 54.9 Å².